The molecule has 0 spiro atoms. The number of rotatable bonds is 6. The van der Waals surface area contributed by atoms with Crippen molar-refractivity contribution in [3.63, 3.8) is 0 Å². The van der Waals surface area contributed by atoms with Crippen molar-refractivity contribution < 1.29 is 4.79 Å². The van der Waals surface area contributed by atoms with Crippen molar-refractivity contribution in [2.45, 2.75) is 31.2 Å². The minimum Gasteiger partial charge on any atom is -0.355 e. The van der Waals surface area contributed by atoms with E-state index in [0.29, 0.717) is 17.6 Å². The van der Waals surface area contributed by atoms with Crippen LogP contribution in [-0.4, -0.2) is 37.5 Å². The fraction of sp³-hybridized carbons (Fsp3) is 0.467. The summed E-state index contributed by atoms with van der Waals surface area (Å²) in [6.07, 6.45) is 3.47. The van der Waals surface area contributed by atoms with Gasteiger partial charge in [-0.05, 0) is 25.0 Å². The third-order valence-electron chi connectivity index (χ3n) is 3.09. The van der Waals surface area contributed by atoms with Gasteiger partial charge in [0.25, 0.3) is 0 Å². The molecule has 0 aliphatic carbocycles. The van der Waals surface area contributed by atoms with Gasteiger partial charge in [0, 0.05) is 31.5 Å². The second-order valence-corrected chi connectivity index (χ2v) is 6.81. The average molecular weight is 319 g/mol. The Bertz CT molecular complexity index is 626. The van der Waals surface area contributed by atoms with Gasteiger partial charge in [-0.2, -0.15) is 0 Å². The lowest BCUT2D eigenvalue weighted by molar-refractivity contribution is -0.120. The highest BCUT2D eigenvalue weighted by molar-refractivity contribution is 8.00. The van der Waals surface area contributed by atoms with E-state index < -0.39 is 0 Å². The molecule has 2 aromatic rings. The Kier molecular flexibility index (Phi) is 5.54. The van der Waals surface area contributed by atoms with Crippen LogP contribution in [0.15, 0.2) is 29.7 Å². The molecule has 0 fully saturated rings. The Morgan fingerprint density at radius 3 is 2.77 bits per heavy atom. The van der Waals surface area contributed by atoms with Gasteiger partial charge in [-0.3, -0.25) is 9.78 Å². The zero-order valence-electron chi connectivity index (χ0n) is 13.3. The molecule has 6 nitrogen and oxygen atoms in total. The Balaban J connectivity index is 2.05. The molecule has 0 saturated heterocycles. The van der Waals surface area contributed by atoms with Crippen LogP contribution in [0.5, 0.6) is 0 Å². The number of amides is 1. The number of nitrogens with one attached hydrogen (secondary N) is 1. The van der Waals surface area contributed by atoms with Crippen LogP contribution in [0.3, 0.4) is 0 Å². The fourth-order valence-electron chi connectivity index (χ4n) is 1.82. The van der Waals surface area contributed by atoms with Crippen molar-refractivity contribution in [1.82, 2.24) is 25.1 Å². The molecular weight excluding hydrogens is 298 g/mol. The van der Waals surface area contributed by atoms with Gasteiger partial charge in [0.05, 0.1) is 5.25 Å². The predicted molar refractivity (Wildman–Crippen MR) is 87.4 cm³/mol. The molecule has 0 bridgehead atoms. The van der Waals surface area contributed by atoms with Crippen LogP contribution in [0, 0.1) is 5.92 Å². The monoisotopic (exact) mass is 319 g/mol. The second-order valence-electron chi connectivity index (χ2n) is 5.51. The topological polar surface area (TPSA) is 72.7 Å². The summed E-state index contributed by atoms with van der Waals surface area (Å²) in [6.45, 7) is 6.70. The van der Waals surface area contributed by atoms with E-state index in [9.17, 15) is 4.79 Å². The maximum absolute atomic E-state index is 12.0. The summed E-state index contributed by atoms with van der Waals surface area (Å²) in [6, 6.07) is 3.79. The van der Waals surface area contributed by atoms with Crippen LogP contribution in [0.25, 0.3) is 11.4 Å². The molecule has 0 radical (unpaired) electrons. The minimum absolute atomic E-state index is 0.0182. The van der Waals surface area contributed by atoms with Crippen LogP contribution in [0.4, 0.5) is 0 Å². The molecule has 0 aromatic carbocycles. The maximum atomic E-state index is 12.0. The summed E-state index contributed by atoms with van der Waals surface area (Å²) in [5.41, 5.74) is 0.904. The summed E-state index contributed by atoms with van der Waals surface area (Å²) in [4.78, 5) is 16.1. The van der Waals surface area contributed by atoms with Gasteiger partial charge in [0.15, 0.2) is 11.0 Å². The van der Waals surface area contributed by atoms with E-state index in [1.807, 2.05) is 30.7 Å². The Morgan fingerprint density at radius 2 is 2.14 bits per heavy atom. The number of hydrogen-bond donors (Lipinski definition) is 1. The van der Waals surface area contributed by atoms with Gasteiger partial charge in [0.2, 0.25) is 5.91 Å². The van der Waals surface area contributed by atoms with E-state index in [1.165, 1.54) is 11.8 Å². The molecule has 22 heavy (non-hydrogen) atoms. The van der Waals surface area contributed by atoms with Gasteiger partial charge in [-0.15, -0.1) is 10.2 Å². The van der Waals surface area contributed by atoms with Gasteiger partial charge >= 0.3 is 0 Å². The van der Waals surface area contributed by atoms with E-state index in [0.717, 1.165) is 11.4 Å². The molecule has 118 valence electrons. The zero-order valence-corrected chi connectivity index (χ0v) is 14.1. The quantitative estimate of drug-likeness (QED) is 0.826. The smallest absolute Gasteiger partial charge is 0.233 e. The number of carbonyl (C=O) groups excluding carboxylic acids is 1. The Labute approximate surface area is 134 Å². The first-order chi connectivity index (χ1) is 10.5. The van der Waals surface area contributed by atoms with Gasteiger partial charge < -0.3 is 9.88 Å². The third kappa shape index (κ3) is 4.07. The van der Waals surface area contributed by atoms with Gasteiger partial charge in [-0.1, -0.05) is 25.6 Å². The summed E-state index contributed by atoms with van der Waals surface area (Å²) in [5, 5.41) is 11.8. The highest BCUT2D eigenvalue weighted by atomic mass is 32.2. The highest BCUT2D eigenvalue weighted by Gasteiger charge is 2.19. The molecule has 1 N–H and O–H groups in total. The van der Waals surface area contributed by atoms with E-state index in [1.54, 1.807) is 12.4 Å². The van der Waals surface area contributed by atoms with Gasteiger partial charge in [-0.25, -0.2) is 0 Å². The SMILES string of the molecule is CC(C)CNC(=O)C(C)Sc1nnc(-c2cccnc2)n1C. The minimum atomic E-state index is -0.219. The van der Waals surface area contributed by atoms with Crippen LogP contribution >= 0.6 is 11.8 Å². The van der Waals surface area contributed by atoms with E-state index >= 15 is 0 Å². The lowest BCUT2D eigenvalue weighted by Crippen LogP contribution is -2.33. The molecule has 2 heterocycles. The van der Waals surface area contributed by atoms with Crippen LogP contribution in [-0.2, 0) is 11.8 Å². The first kappa shape index (κ1) is 16.5. The summed E-state index contributed by atoms with van der Waals surface area (Å²) in [5.74, 6) is 1.20. The molecule has 0 saturated carbocycles. The standard InChI is InChI=1S/C15H21N5OS/c1-10(2)8-17-14(21)11(3)22-15-19-18-13(20(15)4)12-6-5-7-16-9-12/h5-7,9-11H,8H2,1-4H3,(H,17,21). The molecule has 7 heteroatoms. The lowest BCUT2D eigenvalue weighted by Gasteiger charge is -2.12. The normalized spacial score (nSPS) is 12.4. The Hall–Kier alpha value is -1.89. The fourth-order valence-corrected chi connectivity index (χ4v) is 2.66. The number of nitrogens with zero attached hydrogens (tertiary/aromatic N) is 4. The van der Waals surface area contributed by atoms with Crippen molar-refractivity contribution in [2.75, 3.05) is 6.54 Å². The summed E-state index contributed by atoms with van der Waals surface area (Å²) >= 11 is 1.40. The van der Waals surface area contributed by atoms with Crippen LogP contribution in [0.1, 0.15) is 20.8 Å². The molecule has 2 rings (SSSR count). The number of pyridine rings is 1. The third-order valence-corrected chi connectivity index (χ3v) is 4.22. The number of hydrogen-bond acceptors (Lipinski definition) is 5. The van der Waals surface area contributed by atoms with Crippen molar-refractivity contribution in [1.29, 1.82) is 0 Å². The Morgan fingerprint density at radius 1 is 1.36 bits per heavy atom. The van der Waals surface area contributed by atoms with Crippen LogP contribution in [0.2, 0.25) is 0 Å². The molecule has 0 aliphatic rings. The summed E-state index contributed by atoms with van der Waals surface area (Å²) < 4.78 is 1.88. The van der Waals surface area contributed by atoms with Gasteiger partial charge in [0.1, 0.15) is 0 Å². The number of carbonyl (C=O) groups is 1. The number of thioether (sulfide) groups is 1. The molecule has 2 aromatic heterocycles. The second kappa shape index (κ2) is 7.40. The molecule has 1 atom stereocenters. The van der Waals surface area contributed by atoms with Crippen molar-refractivity contribution in [3.05, 3.63) is 24.5 Å². The number of aromatic nitrogens is 4. The zero-order chi connectivity index (χ0) is 16.1. The average Bonchev–Trinajstić information content (AvgIpc) is 2.86. The van der Waals surface area contributed by atoms with Crippen LogP contribution < -0.4 is 5.32 Å². The van der Waals surface area contributed by atoms with E-state index in [2.05, 4.69) is 34.3 Å². The molecule has 1 unspecified atom stereocenters. The maximum Gasteiger partial charge on any atom is 0.233 e. The molecule has 0 aliphatic heterocycles. The van der Waals surface area contributed by atoms with Crippen molar-refractivity contribution in [3.8, 4) is 11.4 Å². The van der Waals surface area contributed by atoms with Crippen molar-refractivity contribution >= 4 is 17.7 Å². The van der Waals surface area contributed by atoms with E-state index in [-0.39, 0.29) is 11.2 Å². The molecule has 1 amide bonds. The largest absolute Gasteiger partial charge is 0.355 e. The predicted octanol–water partition coefficient (Wildman–Crippen LogP) is 2.13. The lowest BCUT2D eigenvalue weighted by atomic mass is 10.2. The van der Waals surface area contributed by atoms with Crippen molar-refractivity contribution in [2.24, 2.45) is 13.0 Å². The van der Waals surface area contributed by atoms with E-state index in [4.69, 9.17) is 0 Å². The summed E-state index contributed by atoms with van der Waals surface area (Å²) in [7, 11) is 1.89. The molecular formula is C15H21N5OS. The highest BCUT2D eigenvalue weighted by Crippen LogP contribution is 2.25. The first-order valence-electron chi connectivity index (χ1n) is 7.23. The first-order valence-corrected chi connectivity index (χ1v) is 8.11.